The number of aromatic nitrogens is 2. The summed E-state index contributed by atoms with van der Waals surface area (Å²) < 4.78 is 15.5. The summed E-state index contributed by atoms with van der Waals surface area (Å²) in [5.41, 5.74) is 1.22. The number of nitrogens with zero attached hydrogens (tertiary/aromatic N) is 3. The number of pyridine rings is 1. The number of halogens is 1. The van der Waals surface area contributed by atoms with Gasteiger partial charge in [-0.2, -0.15) is 0 Å². The van der Waals surface area contributed by atoms with Gasteiger partial charge in [0.15, 0.2) is 5.69 Å². The Bertz CT molecular complexity index is 735. The van der Waals surface area contributed by atoms with Crippen molar-refractivity contribution in [1.29, 1.82) is 0 Å². The molecular formula is C12H13B2BrN4O3. The first-order valence-corrected chi connectivity index (χ1v) is 7.95. The van der Waals surface area contributed by atoms with Crippen molar-refractivity contribution in [3.63, 3.8) is 0 Å². The number of carbonyl (C=O) groups excluding carboxylic acids is 1. The van der Waals surface area contributed by atoms with E-state index in [9.17, 15) is 4.79 Å². The number of imidazole rings is 1. The van der Waals surface area contributed by atoms with Crippen LogP contribution >= 0.6 is 15.9 Å². The van der Waals surface area contributed by atoms with E-state index >= 15 is 0 Å². The molecule has 0 radical (unpaired) electrons. The van der Waals surface area contributed by atoms with Crippen LogP contribution in [-0.2, 0) is 9.31 Å². The lowest BCUT2D eigenvalue weighted by Crippen LogP contribution is -2.39. The lowest BCUT2D eigenvalue weighted by Gasteiger charge is -2.16. The summed E-state index contributed by atoms with van der Waals surface area (Å²) in [4.78, 5) is 17.2. The van der Waals surface area contributed by atoms with Crippen LogP contribution in [0.2, 0.25) is 0 Å². The van der Waals surface area contributed by atoms with Gasteiger partial charge < -0.3 is 19.3 Å². The topological polar surface area (TPSA) is 74.7 Å². The van der Waals surface area contributed by atoms with Gasteiger partial charge in [0.05, 0.1) is 13.0 Å². The first kappa shape index (κ1) is 14.1. The average molecular weight is 363 g/mol. The summed E-state index contributed by atoms with van der Waals surface area (Å²) in [6.07, 6.45) is 1.83. The van der Waals surface area contributed by atoms with Crippen molar-refractivity contribution >= 4 is 47.4 Å². The number of carbonyl (C=O) groups is 1. The van der Waals surface area contributed by atoms with Crippen LogP contribution in [0.25, 0.3) is 5.65 Å². The molecule has 4 rings (SSSR count). The normalized spacial score (nSPS) is 16.1. The molecule has 2 aromatic rings. The fourth-order valence-corrected chi connectivity index (χ4v) is 2.83. The maximum Gasteiger partial charge on any atom is 0.431 e. The van der Waals surface area contributed by atoms with Crippen molar-refractivity contribution in [3.8, 4) is 0 Å². The Hall–Kier alpha value is -1.51. The highest BCUT2D eigenvalue weighted by Crippen LogP contribution is 2.31. The summed E-state index contributed by atoms with van der Waals surface area (Å²) in [5.74, 6) is 0.452. The molecular weight excluding hydrogens is 350 g/mol. The molecule has 0 bridgehead atoms. The van der Waals surface area contributed by atoms with Crippen molar-refractivity contribution in [2.24, 2.45) is 0 Å². The van der Waals surface area contributed by atoms with E-state index in [0.29, 0.717) is 36.7 Å². The molecule has 0 unspecified atom stereocenters. The smallest absolute Gasteiger partial charge is 0.418 e. The highest BCUT2D eigenvalue weighted by Gasteiger charge is 2.52. The molecule has 1 N–H and O–H groups in total. The van der Waals surface area contributed by atoms with Crippen molar-refractivity contribution in [1.82, 2.24) is 14.7 Å². The van der Waals surface area contributed by atoms with Gasteiger partial charge in [-0.1, -0.05) is 15.9 Å². The first-order chi connectivity index (χ1) is 10.7. The lowest BCUT2D eigenvalue weighted by molar-refractivity contribution is 0.0951. The van der Waals surface area contributed by atoms with Crippen LogP contribution in [0, 0.1) is 0 Å². The molecule has 112 valence electrons. The molecule has 10 heteroatoms. The van der Waals surface area contributed by atoms with Crippen LogP contribution < -0.4 is 10.0 Å². The molecule has 0 aliphatic carbocycles. The number of amides is 1. The SMILES string of the molecule is CCNC(=O)c1c(N(B2CO2)B2CO2)nc2cc(Br)ccn12. The van der Waals surface area contributed by atoms with E-state index in [0.717, 1.165) is 4.47 Å². The van der Waals surface area contributed by atoms with E-state index in [1.54, 1.807) is 4.40 Å². The Morgan fingerprint density at radius 1 is 1.50 bits per heavy atom. The van der Waals surface area contributed by atoms with Crippen molar-refractivity contribution in [3.05, 3.63) is 28.5 Å². The lowest BCUT2D eigenvalue weighted by atomic mass is 9.76. The number of nitrogens with one attached hydrogen (secondary N) is 1. The number of hydrogen-bond donors (Lipinski definition) is 1. The summed E-state index contributed by atoms with van der Waals surface area (Å²) in [6, 6.07) is 3.76. The van der Waals surface area contributed by atoms with E-state index < -0.39 is 0 Å². The summed E-state index contributed by atoms with van der Waals surface area (Å²) in [5, 5.41) is 2.85. The largest absolute Gasteiger partial charge is 0.431 e. The maximum atomic E-state index is 12.5. The second-order valence-electron chi connectivity index (χ2n) is 5.20. The number of hydrogen-bond acceptors (Lipinski definition) is 5. The van der Waals surface area contributed by atoms with Crippen LogP contribution in [0.1, 0.15) is 17.4 Å². The minimum absolute atomic E-state index is 0.0611. The predicted octanol–water partition coefficient (Wildman–Crippen LogP) is 0.768. The minimum Gasteiger partial charge on any atom is -0.418 e. The molecule has 0 saturated carbocycles. The van der Waals surface area contributed by atoms with Gasteiger partial charge in [-0.25, -0.2) is 4.98 Å². The van der Waals surface area contributed by atoms with Crippen LogP contribution in [0.5, 0.6) is 0 Å². The zero-order chi connectivity index (χ0) is 15.3. The molecule has 0 spiro atoms. The summed E-state index contributed by atoms with van der Waals surface area (Å²) in [6.45, 7) is 3.71. The molecule has 2 aromatic heterocycles. The Balaban J connectivity index is 1.87. The van der Waals surface area contributed by atoms with Gasteiger partial charge >= 0.3 is 14.1 Å². The van der Waals surface area contributed by atoms with Gasteiger partial charge in [0.25, 0.3) is 5.91 Å². The van der Waals surface area contributed by atoms with Crippen LogP contribution in [0.4, 0.5) is 5.82 Å². The second-order valence-corrected chi connectivity index (χ2v) is 6.12. The fraction of sp³-hybridized carbons (Fsp3) is 0.333. The quantitative estimate of drug-likeness (QED) is 0.628. The summed E-state index contributed by atoms with van der Waals surface area (Å²) >= 11 is 3.44. The van der Waals surface area contributed by atoms with Crippen molar-refractivity contribution < 1.29 is 14.1 Å². The van der Waals surface area contributed by atoms with E-state index in [-0.39, 0.29) is 20.0 Å². The summed E-state index contributed by atoms with van der Waals surface area (Å²) in [7, 11) is -0.122. The van der Waals surface area contributed by atoms with Gasteiger partial charge in [0.2, 0.25) is 0 Å². The third-order valence-corrected chi connectivity index (χ3v) is 4.11. The molecule has 4 heterocycles. The Morgan fingerprint density at radius 3 is 2.77 bits per heavy atom. The van der Waals surface area contributed by atoms with Gasteiger partial charge in [-0.15, -0.1) is 0 Å². The van der Waals surface area contributed by atoms with Crippen LogP contribution in [0.15, 0.2) is 22.8 Å². The zero-order valence-electron chi connectivity index (χ0n) is 12.0. The molecule has 22 heavy (non-hydrogen) atoms. The Kier molecular flexibility index (Phi) is 3.39. The molecule has 1 amide bonds. The molecule has 0 atom stereocenters. The number of rotatable bonds is 5. The van der Waals surface area contributed by atoms with Gasteiger partial charge in [0.1, 0.15) is 11.5 Å². The minimum atomic E-state index is -0.154. The molecule has 2 saturated heterocycles. The third kappa shape index (κ3) is 2.41. The monoisotopic (exact) mass is 362 g/mol. The molecule has 2 aliphatic heterocycles. The molecule has 7 nitrogen and oxygen atoms in total. The highest BCUT2D eigenvalue weighted by atomic mass is 79.9. The number of fused-ring (bicyclic) bond motifs is 1. The molecule has 2 fully saturated rings. The van der Waals surface area contributed by atoms with Crippen molar-refractivity contribution in [2.45, 2.75) is 6.92 Å². The molecule has 2 aliphatic rings. The average Bonchev–Trinajstić information content (AvgIpc) is 3.38. The first-order valence-electron chi connectivity index (χ1n) is 7.16. The van der Waals surface area contributed by atoms with Crippen molar-refractivity contribution in [2.75, 3.05) is 24.3 Å². The van der Waals surface area contributed by atoms with Gasteiger partial charge in [-0.05, 0) is 19.1 Å². The second kappa shape index (κ2) is 5.29. The maximum absolute atomic E-state index is 12.5. The molecule has 0 aromatic carbocycles. The fourth-order valence-electron chi connectivity index (χ4n) is 2.51. The standard InChI is InChI=1S/C12H13B2BrN4O3/c1-2-16-12(20)10-11(19(13-6-21-13)14-7-22-14)17-9-5-8(15)3-4-18(9)10/h3-5H,2,6-7H2,1H3,(H,16,20). The van der Waals surface area contributed by atoms with Crippen LogP contribution in [0.3, 0.4) is 0 Å². The van der Waals surface area contributed by atoms with E-state index in [2.05, 4.69) is 26.2 Å². The third-order valence-electron chi connectivity index (χ3n) is 3.62. The highest BCUT2D eigenvalue weighted by molar-refractivity contribution is 9.10. The van der Waals surface area contributed by atoms with Gasteiger partial charge in [-0.3, -0.25) is 9.20 Å². The van der Waals surface area contributed by atoms with E-state index in [1.165, 1.54) is 0 Å². The van der Waals surface area contributed by atoms with Crippen LogP contribution in [-0.4, -0.2) is 49.0 Å². The number of anilines is 1. The van der Waals surface area contributed by atoms with Gasteiger partial charge in [0, 0.05) is 17.2 Å². The Labute approximate surface area is 136 Å². The van der Waals surface area contributed by atoms with E-state index in [4.69, 9.17) is 9.31 Å². The Morgan fingerprint density at radius 2 is 2.18 bits per heavy atom. The predicted molar refractivity (Wildman–Crippen MR) is 86.8 cm³/mol. The van der Waals surface area contributed by atoms with E-state index in [1.807, 2.05) is 30.0 Å². The zero-order valence-corrected chi connectivity index (χ0v) is 13.5.